The minimum absolute atomic E-state index is 0.128. The Morgan fingerprint density at radius 2 is 2.00 bits per heavy atom. The number of carbonyl (C=O) groups is 2. The van der Waals surface area contributed by atoms with Gasteiger partial charge >= 0.3 is 12.6 Å². The molecule has 0 fully saturated rings. The van der Waals surface area contributed by atoms with Crippen LogP contribution < -0.4 is 10.1 Å². The Morgan fingerprint density at radius 3 is 2.55 bits per heavy atom. The van der Waals surface area contributed by atoms with E-state index in [1.807, 2.05) is 0 Å². The lowest BCUT2D eigenvalue weighted by Gasteiger charge is -2.25. The molecule has 0 saturated carbocycles. The van der Waals surface area contributed by atoms with Gasteiger partial charge in [-0.2, -0.15) is 8.78 Å². The molecule has 1 rings (SSSR count). The van der Waals surface area contributed by atoms with Gasteiger partial charge in [-0.1, -0.05) is 18.2 Å². The van der Waals surface area contributed by atoms with Crippen LogP contribution in [0.3, 0.4) is 0 Å². The molecule has 0 spiro atoms. The van der Waals surface area contributed by atoms with Crippen molar-refractivity contribution in [2.45, 2.75) is 25.5 Å². The number of nitrogens with one attached hydrogen (secondary N) is 1. The molecule has 1 aromatic carbocycles. The van der Waals surface area contributed by atoms with Crippen molar-refractivity contribution in [1.82, 2.24) is 5.32 Å². The number of carboxylic acid groups (broad SMARTS) is 1. The third kappa shape index (κ3) is 4.96. The number of alkyl halides is 2. The van der Waals surface area contributed by atoms with E-state index in [1.165, 1.54) is 32.2 Å². The highest BCUT2D eigenvalue weighted by Crippen LogP contribution is 2.21. The molecular formula is C14H17F2NO5. The van der Waals surface area contributed by atoms with E-state index in [4.69, 9.17) is 9.84 Å². The number of aliphatic carboxylic acids is 1. The van der Waals surface area contributed by atoms with Crippen LogP contribution in [0.2, 0.25) is 0 Å². The third-order valence-electron chi connectivity index (χ3n) is 2.86. The molecule has 1 atom stereocenters. The molecule has 1 amide bonds. The van der Waals surface area contributed by atoms with Gasteiger partial charge in [0, 0.05) is 12.7 Å². The zero-order valence-electron chi connectivity index (χ0n) is 12.1. The minimum Gasteiger partial charge on any atom is -0.479 e. The highest BCUT2D eigenvalue weighted by Gasteiger charge is 2.35. The topological polar surface area (TPSA) is 84.9 Å². The van der Waals surface area contributed by atoms with Crippen LogP contribution in [0.4, 0.5) is 8.78 Å². The van der Waals surface area contributed by atoms with E-state index in [0.717, 1.165) is 0 Å². The summed E-state index contributed by atoms with van der Waals surface area (Å²) >= 11 is 0. The summed E-state index contributed by atoms with van der Waals surface area (Å²) in [6.07, 6.45) is -0.296. The van der Waals surface area contributed by atoms with Crippen molar-refractivity contribution in [1.29, 1.82) is 0 Å². The average Bonchev–Trinajstić information content (AvgIpc) is 2.40. The summed E-state index contributed by atoms with van der Waals surface area (Å²) < 4.78 is 33.7. The van der Waals surface area contributed by atoms with Gasteiger partial charge in [-0.05, 0) is 13.0 Å². The number of ether oxygens (including phenoxy) is 2. The monoisotopic (exact) mass is 317 g/mol. The van der Waals surface area contributed by atoms with Crippen LogP contribution in [0.25, 0.3) is 0 Å². The first kappa shape index (κ1) is 17.8. The molecule has 0 bridgehead atoms. The second-order valence-corrected chi connectivity index (χ2v) is 4.78. The molecule has 8 heteroatoms. The van der Waals surface area contributed by atoms with E-state index in [-0.39, 0.29) is 24.3 Å². The van der Waals surface area contributed by atoms with E-state index in [2.05, 4.69) is 10.1 Å². The molecule has 0 heterocycles. The Balaban J connectivity index is 2.82. The van der Waals surface area contributed by atoms with Gasteiger partial charge in [0.05, 0.1) is 13.0 Å². The third-order valence-corrected chi connectivity index (χ3v) is 2.86. The molecule has 0 aromatic heterocycles. The van der Waals surface area contributed by atoms with Crippen molar-refractivity contribution in [2.24, 2.45) is 0 Å². The van der Waals surface area contributed by atoms with E-state index in [1.54, 1.807) is 6.07 Å². The zero-order chi connectivity index (χ0) is 16.8. The Bertz CT molecular complexity index is 538. The summed E-state index contributed by atoms with van der Waals surface area (Å²) in [5.41, 5.74) is -1.38. The quantitative estimate of drug-likeness (QED) is 0.758. The number of halogens is 2. The Kier molecular flexibility index (Phi) is 6.24. The SMILES string of the molecule is COCC(C)(NC(=O)Cc1ccccc1OC(F)F)C(=O)O. The van der Waals surface area contributed by atoms with Crippen molar-refractivity contribution in [3.05, 3.63) is 29.8 Å². The van der Waals surface area contributed by atoms with Gasteiger partial charge in [0.15, 0.2) is 5.54 Å². The number of amides is 1. The average molecular weight is 317 g/mol. The lowest BCUT2D eigenvalue weighted by molar-refractivity contribution is -0.149. The first-order valence-electron chi connectivity index (χ1n) is 6.34. The lowest BCUT2D eigenvalue weighted by atomic mass is 10.0. The smallest absolute Gasteiger partial charge is 0.387 e. The van der Waals surface area contributed by atoms with Gasteiger partial charge in [-0.25, -0.2) is 4.79 Å². The largest absolute Gasteiger partial charge is 0.479 e. The van der Waals surface area contributed by atoms with Crippen LogP contribution in [0, 0.1) is 0 Å². The molecule has 0 saturated heterocycles. The maximum absolute atomic E-state index is 12.3. The molecule has 0 aliphatic heterocycles. The molecule has 1 aromatic rings. The van der Waals surface area contributed by atoms with Gasteiger partial charge in [0.25, 0.3) is 0 Å². The minimum atomic E-state index is -3.01. The molecule has 0 radical (unpaired) electrons. The normalized spacial score (nSPS) is 13.5. The molecular weight excluding hydrogens is 300 g/mol. The van der Waals surface area contributed by atoms with Gasteiger partial charge in [-0.15, -0.1) is 0 Å². The van der Waals surface area contributed by atoms with E-state index in [0.29, 0.717) is 0 Å². The Morgan fingerprint density at radius 1 is 1.36 bits per heavy atom. The van der Waals surface area contributed by atoms with Crippen LogP contribution in [-0.4, -0.2) is 42.9 Å². The molecule has 0 aliphatic carbocycles. The number of carbonyl (C=O) groups excluding carboxylic acids is 1. The number of methoxy groups -OCH3 is 1. The van der Waals surface area contributed by atoms with E-state index < -0.39 is 24.0 Å². The van der Waals surface area contributed by atoms with Crippen LogP contribution in [-0.2, 0) is 20.7 Å². The summed E-state index contributed by atoms with van der Waals surface area (Å²) in [6.45, 7) is -1.95. The fourth-order valence-corrected chi connectivity index (χ4v) is 1.83. The predicted molar refractivity (Wildman–Crippen MR) is 72.8 cm³/mol. The first-order valence-corrected chi connectivity index (χ1v) is 6.34. The maximum Gasteiger partial charge on any atom is 0.387 e. The molecule has 6 nitrogen and oxygen atoms in total. The molecule has 2 N–H and O–H groups in total. The first-order chi connectivity index (χ1) is 10.3. The standard InChI is InChI=1S/C14H17F2NO5/c1-14(8-21-2,12(19)20)17-11(18)7-9-5-3-4-6-10(9)22-13(15)16/h3-6,13H,7-8H2,1-2H3,(H,17,18)(H,19,20). The van der Waals surface area contributed by atoms with Gasteiger partial charge in [0.2, 0.25) is 5.91 Å². The fraction of sp³-hybridized carbons (Fsp3) is 0.429. The highest BCUT2D eigenvalue weighted by atomic mass is 19.3. The number of para-hydroxylation sites is 1. The second-order valence-electron chi connectivity index (χ2n) is 4.78. The lowest BCUT2D eigenvalue weighted by Crippen LogP contribution is -2.55. The zero-order valence-corrected chi connectivity index (χ0v) is 12.1. The molecule has 1 unspecified atom stereocenters. The van der Waals surface area contributed by atoms with Crippen LogP contribution in [0.15, 0.2) is 24.3 Å². The highest BCUT2D eigenvalue weighted by molar-refractivity contribution is 5.88. The van der Waals surface area contributed by atoms with Gasteiger partial charge in [-0.3, -0.25) is 4.79 Å². The molecule has 122 valence electrons. The summed E-state index contributed by atoms with van der Waals surface area (Å²) in [5, 5.41) is 11.4. The van der Waals surface area contributed by atoms with Crippen LogP contribution >= 0.6 is 0 Å². The predicted octanol–water partition coefficient (Wildman–Crippen LogP) is 1.44. The van der Waals surface area contributed by atoms with E-state index >= 15 is 0 Å². The van der Waals surface area contributed by atoms with Crippen LogP contribution in [0.1, 0.15) is 12.5 Å². The van der Waals surface area contributed by atoms with Crippen LogP contribution in [0.5, 0.6) is 5.75 Å². The van der Waals surface area contributed by atoms with Crippen molar-refractivity contribution in [3.63, 3.8) is 0 Å². The van der Waals surface area contributed by atoms with Crippen molar-refractivity contribution < 1.29 is 33.0 Å². The van der Waals surface area contributed by atoms with Crippen molar-refractivity contribution in [2.75, 3.05) is 13.7 Å². The Hall–Kier alpha value is -2.22. The molecule has 22 heavy (non-hydrogen) atoms. The Labute approximate surface area is 126 Å². The molecule has 0 aliphatic rings. The van der Waals surface area contributed by atoms with Gasteiger partial charge in [0.1, 0.15) is 5.75 Å². The fourth-order valence-electron chi connectivity index (χ4n) is 1.83. The number of benzene rings is 1. The number of hydrogen-bond acceptors (Lipinski definition) is 4. The number of rotatable bonds is 8. The maximum atomic E-state index is 12.3. The summed E-state index contributed by atoms with van der Waals surface area (Å²) in [5.74, 6) is -2.04. The number of hydrogen-bond donors (Lipinski definition) is 2. The van der Waals surface area contributed by atoms with Crippen molar-refractivity contribution >= 4 is 11.9 Å². The number of carboxylic acids is 1. The van der Waals surface area contributed by atoms with Crippen molar-refractivity contribution in [3.8, 4) is 5.75 Å². The second kappa shape index (κ2) is 7.69. The van der Waals surface area contributed by atoms with E-state index in [9.17, 15) is 18.4 Å². The van der Waals surface area contributed by atoms with Gasteiger partial charge < -0.3 is 19.9 Å². The summed E-state index contributed by atoms with van der Waals surface area (Å²) in [4.78, 5) is 23.2. The summed E-state index contributed by atoms with van der Waals surface area (Å²) in [6, 6.07) is 5.81. The summed E-state index contributed by atoms with van der Waals surface area (Å²) in [7, 11) is 1.30.